The van der Waals surface area contributed by atoms with Crippen molar-refractivity contribution in [1.29, 1.82) is 0 Å². The van der Waals surface area contributed by atoms with Crippen molar-refractivity contribution in [2.24, 2.45) is 5.10 Å². The Balaban J connectivity index is 1.74. The summed E-state index contributed by atoms with van der Waals surface area (Å²) in [6.45, 7) is 4.54. The molecule has 3 rings (SSSR count). The highest BCUT2D eigenvalue weighted by atomic mass is 32.1. The quantitative estimate of drug-likeness (QED) is 0.792. The van der Waals surface area contributed by atoms with Gasteiger partial charge in [0, 0.05) is 17.8 Å². The minimum atomic E-state index is -0.328. The average Bonchev–Trinajstić information content (AvgIpc) is 3.36. The Morgan fingerprint density at radius 1 is 1.27 bits per heavy atom. The number of hydrogen-bond donors (Lipinski definition) is 2. The van der Waals surface area contributed by atoms with Crippen LogP contribution >= 0.6 is 22.7 Å². The first-order chi connectivity index (χ1) is 12.6. The summed E-state index contributed by atoms with van der Waals surface area (Å²) >= 11 is 3.26. The number of nitrogens with one attached hydrogen (secondary N) is 2. The number of thiophene rings is 2. The standard InChI is InChI=1S/C18H22N4O2S2/c1-3-7-19-18(24)20-11-16(23)22-14(17-12(2)6-9-26-17)10-13(21-22)15-5-4-8-25-15/h4-6,8-9,14H,3,7,10-11H2,1-2H3,(H2,19,20,24). The van der Waals surface area contributed by atoms with Crippen LogP contribution in [0.4, 0.5) is 4.79 Å². The molecule has 3 heterocycles. The fraction of sp³-hybridized carbons (Fsp3) is 0.389. The Kier molecular flexibility index (Phi) is 6.05. The van der Waals surface area contributed by atoms with E-state index < -0.39 is 0 Å². The van der Waals surface area contributed by atoms with Crippen molar-refractivity contribution in [3.8, 4) is 0 Å². The first-order valence-corrected chi connectivity index (χ1v) is 10.3. The minimum absolute atomic E-state index is 0.0717. The fourth-order valence-electron chi connectivity index (χ4n) is 2.80. The van der Waals surface area contributed by atoms with Crippen LogP contribution in [-0.2, 0) is 4.79 Å². The van der Waals surface area contributed by atoms with Crippen molar-refractivity contribution < 1.29 is 9.59 Å². The molecule has 0 spiro atoms. The Labute approximate surface area is 160 Å². The van der Waals surface area contributed by atoms with Crippen molar-refractivity contribution in [3.05, 3.63) is 44.3 Å². The Hall–Kier alpha value is -2.19. The van der Waals surface area contributed by atoms with Crippen molar-refractivity contribution in [3.63, 3.8) is 0 Å². The average molecular weight is 391 g/mol. The monoisotopic (exact) mass is 390 g/mol. The molecule has 1 aliphatic rings. The molecule has 1 aliphatic heterocycles. The van der Waals surface area contributed by atoms with Crippen molar-refractivity contribution in [1.82, 2.24) is 15.6 Å². The maximum absolute atomic E-state index is 12.7. The normalized spacial score (nSPS) is 16.5. The van der Waals surface area contributed by atoms with Crippen LogP contribution in [0.3, 0.4) is 0 Å². The van der Waals surface area contributed by atoms with Gasteiger partial charge in [0.15, 0.2) is 0 Å². The van der Waals surface area contributed by atoms with E-state index in [-0.39, 0.29) is 24.5 Å². The van der Waals surface area contributed by atoms with Crippen LogP contribution in [0.25, 0.3) is 0 Å². The second kappa shape index (κ2) is 8.46. The lowest BCUT2D eigenvalue weighted by Gasteiger charge is -2.21. The van der Waals surface area contributed by atoms with Gasteiger partial charge in [-0.2, -0.15) is 5.10 Å². The lowest BCUT2D eigenvalue weighted by Crippen LogP contribution is -2.42. The van der Waals surface area contributed by atoms with Gasteiger partial charge in [-0.25, -0.2) is 9.80 Å². The van der Waals surface area contributed by atoms with E-state index in [2.05, 4.69) is 21.8 Å². The maximum Gasteiger partial charge on any atom is 0.315 e. The summed E-state index contributed by atoms with van der Waals surface area (Å²) in [5.74, 6) is -0.207. The van der Waals surface area contributed by atoms with Gasteiger partial charge in [0.25, 0.3) is 5.91 Å². The van der Waals surface area contributed by atoms with Crippen molar-refractivity contribution in [2.45, 2.75) is 32.7 Å². The lowest BCUT2D eigenvalue weighted by molar-refractivity contribution is -0.131. The van der Waals surface area contributed by atoms with Crippen LogP contribution in [0.5, 0.6) is 0 Å². The smallest absolute Gasteiger partial charge is 0.315 e. The maximum atomic E-state index is 12.7. The number of hydrogen-bond acceptors (Lipinski definition) is 5. The molecule has 2 aromatic rings. The SMILES string of the molecule is CCCNC(=O)NCC(=O)N1N=C(c2cccs2)CC1c1sccc1C. The zero-order chi connectivity index (χ0) is 18.5. The van der Waals surface area contributed by atoms with Crippen LogP contribution < -0.4 is 10.6 Å². The van der Waals surface area contributed by atoms with E-state index in [4.69, 9.17) is 0 Å². The number of urea groups is 1. The molecule has 1 atom stereocenters. The largest absolute Gasteiger partial charge is 0.338 e. The number of nitrogens with zero attached hydrogens (tertiary/aromatic N) is 2. The Morgan fingerprint density at radius 2 is 2.12 bits per heavy atom. The highest BCUT2D eigenvalue weighted by Gasteiger charge is 2.34. The Bertz CT molecular complexity index is 798. The van der Waals surface area contributed by atoms with Gasteiger partial charge in [-0.15, -0.1) is 22.7 Å². The molecule has 3 amide bonds. The predicted molar refractivity (Wildman–Crippen MR) is 106 cm³/mol. The summed E-state index contributed by atoms with van der Waals surface area (Å²) in [5.41, 5.74) is 2.08. The van der Waals surface area contributed by atoms with E-state index in [1.807, 2.05) is 36.7 Å². The second-order valence-corrected chi connectivity index (χ2v) is 7.95. The van der Waals surface area contributed by atoms with E-state index >= 15 is 0 Å². The molecule has 0 saturated heterocycles. The van der Waals surface area contributed by atoms with Gasteiger partial charge < -0.3 is 10.6 Å². The van der Waals surface area contributed by atoms with Crippen molar-refractivity contribution >= 4 is 40.3 Å². The van der Waals surface area contributed by atoms with Crippen LogP contribution in [0, 0.1) is 6.92 Å². The highest BCUT2D eigenvalue weighted by Crippen LogP contribution is 2.37. The Morgan fingerprint density at radius 3 is 2.77 bits per heavy atom. The summed E-state index contributed by atoms with van der Waals surface area (Å²) < 4.78 is 0. The molecule has 2 N–H and O–H groups in total. The molecule has 6 nitrogen and oxygen atoms in total. The van der Waals surface area contributed by atoms with E-state index in [9.17, 15) is 9.59 Å². The predicted octanol–water partition coefficient (Wildman–Crippen LogP) is 3.50. The third kappa shape index (κ3) is 4.13. The van der Waals surface area contributed by atoms with Gasteiger partial charge in [-0.05, 0) is 41.8 Å². The van der Waals surface area contributed by atoms with E-state index in [0.717, 1.165) is 27.5 Å². The minimum Gasteiger partial charge on any atom is -0.338 e. The molecule has 2 aromatic heterocycles. The summed E-state index contributed by atoms with van der Waals surface area (Å²) in [6, 6.07) is 5.62. The lowest BCUT2D eigenvalue weighted by atomic mass is 10.1. The second-order valence-electron chi connectivity index (χ2n) is 6.06. The molecular weight excluding hydrogens is 368 g/mol. The van der Waals surface area contributed by atoms with Gasteiger partial charge in [0.1, 0.15) is 6.54 Å². The zero-order valence-corrected chi connectivity index (χ0v) is 16.5. The summed E-state index contributed by atoms with van der Waals surface area (Å²) in [4.78, 5) is 26.7. The number of carbonyl (C=O) groups is 2. The van der Waals surface area contributed by atoms with Crippen LogP contribution in [0.2, 0.25) is 0 Å². The van der Waals surface area contributed by atoms with E-state index in [1.165, 1.54) is 5.01 Å². The van der Waals surface area contributed by atoms with Gasteiger partial charge in [0.05, 0.1) is 16.6 Å². The summed E-state index contributed by atoms with van der Waals surface area (Å²) in [6.07, 6.45) is 1.54. The molecule has 0 aromatic carbocycles. The van der Waals surface area contributed by atoms with Gasteiger partial charge >= 0.3 is 6.03 Å². The van der Waals surface area contributed by atoms with Gasteiger partial charge in [0.2, 0.25) is 0 Å². The number of hydrazone groups is 1. The first-order valence-electron chi connectivity index (χ1n) is 8.59. The summed E-state index contributed by atoms with van der Waals surface area (Å²) in [5, 5.41) is 15.5. The van der Waals surface area contributed by atoms with E-state index in [1.54, 1.807) is 22.7 Å². The third-order valence-electron chi connectivity index (χ3n) is 4.11. The highest BCUT2D eigenvalue weighted by molar-refractivity contribution is 7.12. The molecule has 26 heavy (non-hydrogen) atoms. The molecule has 138 valence electrons. The zero-order valence-electron chi connectivity index (χ0n) is 14.8. The van der Waals surface area contributed by atoms with E-state index in [0.29, 0.717) is 13.0 Å². The van der Waals surface area contributed by atoms with Crippen LogP contribution in [-0.4, -0.2) is 35.7 Å². The molecular formula is C18H22N4O2S2. The molecule has 0 saturated carbocycles. The molecule has 8 heteroatoms. The molecule has 0 radical (unpaired) electrons. The number of amides is 3. The molecule has 0 fully saturated rings. The van der Waals surface area contributed by atoms with Gasteiger partial charge in [-0.3, -0.25) is 4.79 Å². The number of rotatable bonds is 6. The molecule has 1 unspecified atom stereocenters. The first kappa shape index (κ1) is 18.6. The summed E-state index contributed by atoms with van der Waals surface area (Å²) in [7, 11) is 0. The van der Waals surface area contributed by atoms with Crippen molar-refractivity contribution in [2.75, 3.05) is 13.1 Å². The number of carbonyl (C=O) groups excluding carboxylic acids is 2. The van der Waals surface area contributed by atoms with Crippen LogP contribution in [0.15, 0.2) is 34.1 Å². The topological polar surface area (TPSA) is 73.8 Å². The van der Waals surface area contributed by atoms with Gasteiger partial charge in [-0.1, -0.05) is 13.0 Å². The van der Waals surface area contributed by atoms with Crippen LogP contribution in [0.1, 0.15) is 41.1 Å². The third-order valence-corrected chi connectivity index (χ3v) is 6.15. The molecule has 0 aliphatic carbocycles. The molecule has 0 bridgehead atoms. The number of aryl methyl sites for hydroxylation is 1. The fourth-order valence-corrected chi connectivity index (χ4v) is 4.53.